The van der Waals surface area contributed by atoms with Crippen LogP contribution in [0.3, 0.4) is 0 Å². The molecule has 0 aliphatic rings. The van der Waals surface area contributed by atoms with E-state index in [2.05, 4.69) is 17.1 Å². The lowest BCUT2D eigenvalue weighted by molar-refractivity contribution is 0.242. The second-order valence-electron chi connectivity index (χ2n) is 4.42. The Morgan fingerprint density at radius 2 is 2.00 bits per heavy atom. The van der Waals surface area contributed by atoms with Crippen LogP contribution in [0.25, 0.3) is 0 Å². The van der Waals surface area contributed by atoms with Crippen molar-refractivity contribution < 1.29 is 4.74 Å². The van der Waals surface area contributed by atoms with E-state index in [1.165, 1.54) is 5.56 Å². The summed E-state index contributed by atoms with van der Waals surface area (Å²) in [6.07, 6.45) is 1.06. The number of aromatic nitrogens is 1. The van der Waals surface area contributed by atoms with Crippen LogP contribution < -0.4 is 10.5 Å². The van der Waals surface area contributed by atoms with E-state index in [9.17, 15) is 0 Å². The lowest BCUT2D eigenvalue weighted by atomic mass is 10.1. The Morgan fingerprint density at radius 1 is 1.28 bits per heavy atom. The van der Waals surface area contributed by atoms with Gasteiger partial charge in [-0.2, -0.15) is 0 Å². The molecule has 0 radical (unpaired) electrons. The van der Waals surface area contributed by atoms with Crippen LogP contribution in [-0.4, -0.2) is 11.1 Å². The van der Waals surface area contributed by atoms with E-state index in [4.69, 9.17) is 10.5 Å². The van der Waals surface area contributed by atoms with Gasteiger partial charge in [0.15, 0.2) is 0 Å². The Morgan fingerprint density at radius 3 is 2.56 bits per heavy atom. The third-order valence-corrected chi connectivity index (χ3v) is 3.36. The molecule has 3 nitrogen and oxygen atoms in total. The molecule has 0 fully saturated rings. The Balaban J connectivity index is 2.01. The Kier molecular flexibility index (Phi) is 4.33. The number of hydrogen-bond donors (Lipinski definition) is 1. The van der Waals surface area contributed by atoms with Crippen LogP contribution in [0.2, 0.25) is 0 Å². The predicted octanol–water partition coefficient (Wildman–Crippen LogP) is 2.98. The summed E-state index contributed by atoms with van der Waals surface area (Å²) < 4.78 is 5.61. The zero-order chi connectivity index (χ0) is 13.0. The molecule has 0 unspecified atom stereocenters. The molecule has 18 heavy (non-hydrogen) atoms. The molecule has 0 spiro atoms. The van der Waals surface area contributed by atoms with E-state index >= 15 is 0 Å². The third kappa shape index (κ3) is 3.55. The second kappa shape index (κ2) is 5.98. The van der Waals surface area contributed by atoms with Gasteiger partial charge >= 0.3 is 0 Å². The third-order valence-electron chi connectivity index (χ3n) is 2.46. The number of nitrogens with zero attached hydrogens (tertiary/aromatic N) is 1. The SMILES string of the molecule is CC(C)Oc1ccc(Cc2nc(CN)cs2)cc1. The average Bonchev–Trinajstić information content (AvgIpc) is 2.79. The summed E-state index contributed by atoms with van der Waals surface area (Å²) in [4.78, 5) is 4.46. The summed E-state index contributed by atoms with van der Waals surface area (Å²) in [7, 11) is 0. The van der Waals surface area contributed by atoms with Crippen LogP contribution in [0.4, 0.5) is 0 Å². The summed E-state index contributed by atoms with van der Waals surface area (Å²) in [5, 5.41) is 3.12. The largest absolute Gasteiger partial charge is 0.491 e. The van der Waals surface area contributed by atoms with E-state index < -0.39 is 0 Å². The number of thiazole rings is 1. The van der Waals surface area contributed by atoms with Crippen molar-refractivity contribution in [3.63, 3.8) is 0 Å². The molecule has 1 aromatic carbocycles. The molecule has 2 rings (SSSR count). The van der Waals surface area contributed by atoms with E-state index in [0.717, 1.165) is 22.9 Å². The Hall–Kier alpha value is -1.39. The van der Waals surface area contributed by atoms with Crippen molar-refractivity contribution in [2.24, 2.45) is 5.73 Å². The van der Waals surface area contributed by atoms with Crippen molar-refractivity contribution in [3.8, 4) is 5.75 Å². The van der Waals surface area contributed by atoms with Crippen LogP contribution in [0, 0.1) is 0 Å². The average molecular weight is 262 g/mol. The van der Waals surface area contributed by atoms with E-state index in [1.807, 2.05) is 31.4 Å². The highest BCUT2D eigenvalue weighted by molar-refractivity contribution is 7.09. The molecule has 1 aromatic heterocycles. The fraction of sp³-hybridized carbons (Fsp3) is 0.357. The first-order chi connectivity index (χ1) is 8.67. The highest BCUT2D eigenvalue weighted by Crippen LogP contribution is 2.18. The van der Waals surface area contributed by atoms with Gasteiger partial charge in [-0.25, -0.2) is 4.98 Å². The molecule has 96 valence electrons. The maximum atomic E-state index is 5.61. The Bertz CT molecular complexity index is 491. The molecule has 4 heteroatoms. The molecule has 1 heterocycles. The molecule has 0 atom stereocenters. The molecular weight excluding hydrogens is 244 g/mol. The normalized spacial score (nSPS) is 10.9. The highest BCUT2D eigenvalue weighted by atomic mass is 32.1. The number of ether oxygens (including phenoxy) is 1. The topological polar surface area (TPSA) is 48.1 Å². The molecule has 2 N–H and O–H groups in total. The summed E-state index contributed by atoms with van der Waals surface area (Å²) in [6, 6.07) is 8.18. The molecule has 0 aliphatic heterocycles. The zero-order valence-electron chi connectivity index (χ0n) is 10.7. The lowest BCUT2D eigenvalue weighted by Gasteiger charge is -2.09. The quantitative estimate of drug-likeness (QED) is 0.901. The summed E-state index contributed by atoms with van der Waals surface area (Å²) >= 11 is 1.66. The van der Waals surface area contributed by atoms with Gasteiger partial charge in [0.25, 0.3) is 0 Å². The van der Waals surface area contributed by atoms with E-state index in [0.29, 0.717) is 6.54 Å². The molecule has 0 bridgehead atoms. The van der Waals surface area contributed by atoms with Gasteiger partial charge in [0.05, 0.1) is 16.8 Å². The number of benzene rings is 1. The van der Waals surface area contributed by atoms with Gasteiger partial charge in [-0.05, 0) is 31.5 Å². The number of nitrogens with two attached hydrogens (primary N) is 1. The van der Waals surface area contributed by atoms with Crippen LogP contribution >= 0.6 is 11.3 Å². The monoisotopic (exact) mass is 262 g/mol. The standard InChI is InChI=1S/C14H18N2OS/c1-10(2)17-13-5-3-11(4-6-13)7-14-16-12(8-15)9-18-14/h3-6,9-10H,7-8,15H2,1-2H3. The molecule has 0 saturated carbocycles. The van der Waals surface area contributed by atoms with Crippen molar-refractivity contribution in [1.82, 2.24) is 4.98 Å². The Labute approximate surface area is 112 Å². The van der Waals surface area contributed by atoms with Crippen molar-refractivity contribution >= 4 is 11.3 Å². The second-order valence-corrected chi connectivity index (χ2v) is 5.37. The fourth-order valence-corrected chi connectivity index (χ4v) is 2.50. The predicted molar refractivity (Wildman–Crippen MR) is 75.0 cm³/mol. The van der Waals surface area contributed by atoms with Crippen molar-refractivity contribution in [3.05, 3.63) is 45.9 Å². The molecule has 0 aliphatic carbocycles. The molecule has 2 aromatic rings. The summed E-state index contributed by atoms with van der Waals surface area (Å²) in [5.74, 6) is 0.913. The maximum absolute atomic E-state index is 5.61. The number of rotatable bonds is 5. The molecule has 0 saturated heterocycles. The summed E-state index contributed by atoms with van der Waals surface area (Å²) in [5.41, 5.74) is 7.76. The van der Waals surface area contributed by atoms with Gasteiger partial charge < -0.3 is 10.5 Å². The highest BCUT2D eigenvalue weighted by Gasteiger charge is 2.03. The minimum absolute atomic E-state index is 0.210. The first kappa shape index (κ1) is 13.1. The van der Waals surface area contributed by atoms with Crippen LogP contribution in [0.5, 0.6) is 5.75 Å². The van der Waals surface area contributed by atoms with E-state index in [-0.39, 0.29) is 6.10 Å². The molecule has 0 amide bonds. The fourth-order valence-electron chi connectivity index (χ4n) is 1.66. The first-order valence-corrected chi connectivity index (χ1v) is 6.94. The van der Waals surface area contributed by atoms with Gasteiger partial charge in [0, 0.05) is 18.3 Å². The number of hydrogen-bond acceptors (Lipinski definition) is 4. The maximum Gasteiger partial charge on any atom is 0.119 e. The van der Waals surface area contributed by atoms with Gasteiger partial charge in [0.1, 0.15) is 5.75 Å². The van der Waals surface area contributed by atoms with Crippen LogP contribution in [0.15, 0.2) is 29.6 Å². The van der Waals surface area contributed by atoms with E-state index in [1.54, 1.807) is 11.3 Å². The lowest BCUT2D eigenvalue weighted by Crippen LogP contribution is -2.05. The van der Waals surface area contributed by atoms with Gasteiger partial charge in [-0.3, -0.25) is 0 Å². The first-order valence-electron chi connectivity index (χ1n) is 6.06. The van der Waals surface area contributed by atoms with Gasteiger partial charge in [0.2, 0.25) is 0 Å². The summed E-state index contributed by atoms with van der Waals surface area (Å²) in [6.45, 7) is 4.56. The van der Waals surface area contributed by atoms with Crippen LogP contribution in [-0.2, 0) is 13.0 Å². The van der Waals surface area contributed by atoms with Crippen molar-refractivity contribution in [2.45, 2.75) is 32.9 Å². The van der Waals surface area contributed by atoms with Gasteiger partial charge in [-0.15, -0.1) is 11.3 Å². The molecular formula is C14H18N2OS. The minimum Gasteiger partial charge on any atom is -0.491 e. The smallest absolute Gasteiger partial charge is 0.119 e. The zero-order valence-corrected chi connectivity index (χ0v) is 11.5. The van der Waals surface area contributed by atoms with Crippen molar-refractivity contribution in [1.29, 1.82) is 0 Å². The van der Waals surface area contributed by atoms with Crippen molar-refractivity contribution in [2.75, 3.05) is 0 Å². The van der Waals surface area contributed by atoms with Crippen LogP contribution in [0.1, 0.15) is 30.1 Å². The minimum atomic E-state index is 0.210. The van der Waals surface area contributed by atoms with Gasteiger partial charge in [-0.1, -0.05) is 12.1 Å².